The van der Waals surface area contributed by atoms with Gasteiger partial charge in [0, 0.05) is 17.6 Å². The summed E-state index contributed by atoms with van der Waals surface area (Å²) in [6, 6.07) is 8.01. The predicted octanol–water partition coefficient (Wildman–Crippen LogP) is 2.68. The van der Waals surface area contributed by atoms with Crippen molar-refractivity contribution in [1.82, 2.24) is 21.2 Å². The maximum Gasteiger partial charge on any atom is 0.270 e. The Morgan fingerprint density at radius 3 is 2.73 bits per heavy atom. The summed E-state index contributed by atoms with van der Waals surface area (Å²) in [5, 5.41) is 8.80. The van der Waals surface area contributed by atoms with Crippen LogP contribution in [0.5, 0.6) is 11.6 Å². The Balaban J connectivity index is 1.10. The molecule has 2 saturated carbocycles. The number of carbonyl (C=O) groups excluding carboxylic acids is 2. The zero-order chi connectivity index (χ0) is 28.0. The maximum absolute atomic E-state index is 13.1. The smallest absolute Gasteiger partial charge is 0.270 e. The van der Waals surface area contributed by atoms with Crippen molar-refractivity contribution in [2.75, 3.05) is 38.2 Å². The molecule has 1 spiro atoms. The first kappa shape index (κ1) is 26.7. The molecule has 3 heterocycles. The minimum atomic E-state index is -1.20. The molecule has 1 aromatic carbocycles. The van der Waals surface area contributed by atoms with Gasteiger partial charge in [0.1, 0.15) is 24.8 Å². The fraction of sp³-hybridized carbons (Fsp3) is 0.536. The van der Waals surface area contributed by atoms with Crippen LogP contribution >= 0.6 is 0 Å². The molecule has 6 rings (SSSR count). The van der Waals surface area contributed by atoms with E-state index < -0.39 is 30.7 Å². The van der Waals surface area contributed by atoms with Gasteiger partial charge in [-0.25, -0.2) is 19.2 Å². The second-order valence-electron chi connectivity index (χ2n) is 11.1. The van der Waals surface area contributed by atoms with E-state index in [2.05, 4.69) is 31.8 Å². The number of aromatic nitrogens is 1. The van der Waals surface area contributed by atoms with Crippen LogP contribution in [0.15, 0.2) is 30.3 Å². The fourth-order valence-corrected chi connectivity index (χ4v) is 6.89. The van der Waals surface area contributed by atoms with Gasteiger partial charge in [0.15, 0.2) is 0 Å². The van der Waals surface area contributed by atoms with Crippen LogP contribution in [0.3, 0.4) is 0 Å². The average Bonchev–Trinajstić information content (AvgIpc) is 3.53. The first-order valence-corrected chi connectivity index (χ1v) is 13.7. The Bertz CT molecular complexity index is 1310. The van der Waals surface area contributed by atoms with Gasteiger partial charge < -0.3 is 25.4 Å². The summed E-state index contributed by atoms with van der Waals surface area (Å²) in [5.74, 6) is 1.42. The van der Waals surface area contributed by atoms with Gasteiger partial charge in [0.05, 0.1) is 37.5 Å². The van der Waals surface area contributed by atoms with Crippen LogP contribution in [-0.4, -0.2) is 62.6 Å². The summed E-state index contributed by atoms with van der Waals surface area (Å²) in [7, 11) is 3.09. The number of nitrogens with one attached hydrogen (secondary N) is 5. The zero-order valence-corrected chi connectivity index (χ0v) is 22.4. The number of pyridine rings is 1. The summed E-state index contributed by atoms with van der Waals surface area (Å²) in [5.41, 5.74) is 8.91. The van der Waals surface area contributed by atoms with Crippen molar-refractivity contribution in [2.45, 2.75) is 49.3 Å². The SMILES string of the molecule is COc1ccc2c(c1)[C@]1(C[C@H]1C1CCC3C(C1)NNC3Nc1ccc(C(=O)NC(CF)CF)nc1OC)C(=O)N2. The molecule has 40 heavy (non-hydrogen) atoms. The lowest BCUT2D eigenvalue weighted by Crippen LogP contribution is -2.39. The van der Waals surface area contributed by atoms with Crippen molar-refractivity contribution in [3.63, 3.8) is 0 Å². The number of methoxy groups -OCH3 is 2. The highest BCUT2D eigenvalue weighted by Crippen LogP contribution is 2.65. The Morgan fingerprint density at radius 1 is 1.15 bits per heavy atom. The number of nitrogens with zero attached hydrogens (tertiary/aromatic N) is 1. The molecule has 4 unspecified atom stereocenters. The second-order valence-corrected chi connectivity index (χ2v) is 11.1. The number of anilines is 2. The number of hydrazine groups is 1. The highest BCUT2D eigenvalue weighted by Gasteiger charge is 2.67. The number of ether oxygens (including phenoxy) is 2. The summed E-state index contributed by atoms with van der Waals surface area (Å²) >= 11 is 0. The summed E-state index contributed by atoms with van der Waals surface area (Å²) in [4.78, 5) is 29.7. The first-order chi connectivity index (χ1) is 19.4. The highest BCUT2D eigenvalue weighted by molar-refractivity contribution is 6.09. The molecular weight excluding hydrogens is 522 g/mol. The van der Waals surface area contributed by atoms with Crippen molar-refractivity contribution < 1.29 is 27.8 Å². The van der Waals surface area contributed by atoms with Crippen LogP contribution in [0.4, 0.5) is 20.2 Å². The van der Waals surface area contributed by atoms with Crippen LogP contribution in [0, 0.1) is 17.8 Å². The third-order valence-electron chi connectivity index (χ3n) is 9.05. The van der Waals surface area contributed by atoms with Crippen LogP contribution in [0.1, 0.15) is 41.7 Å². The summed E-state index contributed by atoms with van der Waals surface area (Å²) < 4.78 is 36.5. The molecule has 2 aliphatic heterocycles. The Kier molecular flexibility index (Phi) is 6.99. The lowest BCUT2D eigenvalue weighted by molar-refractivity contribution is -0.118. The number of hydrogen-bond donors (Lipinski definition) is 5. The van der Waals surface area contributed by atoms with E-state index in [4.69, 9.17) is 9.47 Å². The molecule has 2 amide bonds. The molecule has 6 atom stereocenters. The van der Waals surface area contributed by atoms with E-state index in [1.165, 1.54) is 13.2 Å². The van der Waals surface area contributed by atoms with E-state index in [0.29, 0.717) is 23.4 Å². The first-order valence-electron chi connectivity index (χ1n) is 13.7. The molecule has 4 aliphatic rings. The summed E-state index contributed by atoms with van der Waals surface area (Å²) in [6.45, 7) is -2.00. The molecule has 2 aliphatic carbocycles. The van der Waals surface area contributed by atoms with Crippen molar-refractivity contribution in [3.05, 3.63) is 41.6 Å². The van der Waals surface area contributed by atoms with E-state index in [1.54, 1.807) is 13.2 Å². The number of rotatable bonds is 9. The minimum Gasteiger partial charge on any atom is -0.497 e. The lowest BCUT2D eigenvalue weighted by atomic mass is 9.74. The fourth-order valence-electron chi connectivity index (χ4n) is 6.89. The standard InChI is InChI=1S/C28H34F2N6O4/c1-39-16-4-6-20-18(10-16)28(27(38)34-20)11-19(28)14-3-5-17-23(9-14)35-36-24(17)32-22-8-7-21(33-26(22)40-2)25(37)31-15(12-29)13-30/h4,6-8,10,14-15,17,19,23-24,32,35-36H,3,5,9,11-13H2,1-2H3,(H,31,37)(H,34,38)/t14?,17?,19-,23?,24?,28-/m0/s1. The molecule has 5 N–H and O–H groups in total. The van der Waals surface area contributed by atoms with Gasteiger partial charge in [-0.1, -0.05) is 0 Å². The molecule has 10 nitrogen and oxygen atoms in total. The van der Waals surface area contributed by atoms with Crippen molar-refractivity contribution in [2.24, 2.45) is 17.8 Å². The zero-order valence-electron chi connectivity index (χ0n) is 22.4. The van der Waals surface area contributed by atoms with Crippen molar-refractivity contribution in [3.8, 4) is 11.6 Å². The van der Waals surface area contributed by atoms with E-state index in [-0.39, 0.29) is 29.7 Å². The predicted molar refractivity (Wildman–Crippen MR) is 144 cm³/mol. The number of hydrogen-bond acceptors (Lipinski definition) is 8. The number of halogens is 2. The number of benzene rings is 1. The van der Waals surface area contributed by atoms with Crippen LogP contribution in [0.2, 0.25) is 0 Å². The number of fused-ring (bicyclic) bond motifs is 3. The van der Waals surface area contributed by atoms with Gasteiger partial charge in [-0.3, -0.25) is 15.0 Å². The molecule has 1 saturated heterocycles. The number of amides is 2. The normalized spacial score (nSPS) is 30.0. The van der Waals surface area contributed by atoms with Gasteiger partial charge in [0.2, 0.25) is 11.8 Å². The van der Waals surface area contributed by atoms with Crippen LogP contribution < -0.4 is 36.3 Å². The average molecular weight is 557 g/mol. The highest BCUT2D eigenvalue weighted by atomic mass is 19.1. The molecule has 0 bridgehead atoms. The lowest BCUT2D eigenvalue weighted by Gasteiger charge is -2.34. The molecule has 3 fully saturated rings. The maximum atomic E-state index is 13.1. The monoisotopic (exact) mass is 556 g/mol. The van der Waals surface area contributed by atoms with Gasteiger partial charge in [0.25, 0.3) is 5.91 Å². The molecule has 0 radical (unpaired) electrons. The quantitative estimate of drug-likeness (QED) is 0.319. The van der Waals surface area contributed by atoms with Crippen molar-refractivity contribution in [1.29, 1.82) is 0 Å². The minimum absolute atomic E-state index is 0.0127. The summed E-state index contributed by atoms with van der Waals surface area (Å²) in [6.07, 6.45) is 3.69. The third-order valence-corrected chi connectivity index (χ3v) is 9.05. The van der Waals surface area contributed by atoms with Crippen molar-refractivity contribution >= 4 is 23.2 Å². The molecule has 12 heteroatoms. The molecule has 1 aromatic heterocycles. The second kappa shape index (κ2) is 10.5. The Hall–Kier alpha value is -3.51. The van der Waals surface area contributed by atoms with E-state index >= 15 is 0 Å². The van der Waals surface area contributed by atoms with Crippen LogP contribution in [-0.2, 0) is 10.2 Å². The Labute approximate surface area is 230 Å². The van der Waals surface area contributed by atoms with E-state index in [1.807, 2.05) is 18.2 Å². The van der Waals surface area contributed by atoms with Gasteiger partial charge >= 0.3 is 0 Å². The molecular formula is C28H34F2N6O4. The number of carbonyl (C=O) groups is 2. The molecule has 2 aromatic rings. The Morgan fingerprint density at radius 2 is 1.98 bits per heavy atom. The largest absolute Gasteiger partial charge is 0.497 e. The van der Waals surface area contributed by atoms with Crippen LogP contribution in [0.25, 0.3) is 0 Å². The van der Waals surface area contributed by atoms with Gasteiger partial charge in [-0.05, 0) is 73.4 Å². The van der Waals surface area contributed by atoms with E-state index in [9.17, 15) is 18.4 Å². The third kappa shape index (κ3) is 4.43. The molecule has 214 valence electrons. The topological polar surface area (TPSA) is 126 Å². The van der Waals surface area contributed by atoms with Gasteiger partial charge in [-0.2, -0.15) is 0 Å². The number of alkyl halides is 2. The van der Waals surface area contributed by atoms with Gasteiger partial charge in [-0.15, -0.1) is 0 Å². The van der Waals surface area contributed by atoms with E-state index in [0.717, 1.165) is 42.7 Å².